The highest BCUT2D eigenvalue weighted by atomic mass is 19.4. The molecular weight excluding hydrogens is 435 g/mol. The average Bonchev–Trinajstić information content (AvgIpc) is 3.14. The van der Waals surface area contributed by atoms with E-state index in [9.17, 15) is 27.1 Å². The van der Waals surface area contributed by atoms with Crippen LogP contribution in [0.3, 0.4) is 0 Å². The van der Waals surface area contributed by atoms with Crippen LogP contribution in [0.25, 0.3) is 21.4 Å². The van der Waals surface area contributed by atoms with Crippen LogP contribution in [-0.4, -0.2) is 41.2 Å². The van der Waals surface area contributed by atoms with E-state index in [0.29, 0.717) is 13.2 Å². The first-order valence-electron chi connectivity index (χ1n) is 9.62. The zero-order chi connectivity index (χ0) is 23.2. The van der Waals surface area contributed by atoms with E-state index < -0.39 is 34.8 Å². The molecule has 1 N–H and O–H groups in total. The van der Waals surface area contributed by atoms with Crippen molar-refractivity contribution < 1.29 is 31.8 Å². The van der Waals surface area contributed by atoms with Gasteiger partial charge in [0.2, 0.25) is 0 Å². The van der Waals surface area contributed by atoms with E-state index in [0.717, 1.165) is 23.2 Å². The van der Waals surface area contributed by atoms with Crippen LogP contribution >= 0.6 is 0 Å². The van der Waals surface area contributed by atoms with E-state index in [-0.39, 0.29) is 28.8 Å². The summed E-state index contributed by atoms with van der Waals surface area (Å²) in [6.45, 7) is 8.63. The number of aromatic nitrogens is 2. The fourth-order valence-electron chi connectivity index (χ4n) is 3.83. The first-order valence-corrected chi connectivity index (χ1v) is 9.62. The predicted molar refractivity (Wildman–Crippen MR) is 106 cm³/mol. The molecule has 0 saturated carbocycles. The minimum absolute atomic E-state index is 0.137. The topological polar surface area (TPSA) is 54.9 Å². The molecule has 1 fully saturated rings. The van der Waals surface area contributed by atoms with E-state index in [1.165, 1.54) is 6.07 Å². The maximum atomic E-state index is 14.6. The van der Waals surface area contributed by atoms with Crippen molar-refractivity contribution in [1.82, 2.24) is 9.78 Å². The molecular formula is C21H17F5N4O2. The second-order valence-corrected chi connectivity index (χ2v) is 7.42. The SMILES string of the molecule is [C-]#[N+]c1nn(-c2cc(C(F)(F)F)c(F)c(O)c2F)c2ccc(N(C)C3CCOCC3)cc12. The van der Waals surface area contributed by atoms with Gasteiger partial charge in [0.15, 0.2) is 17.4 Å². The molecule has 0 atom stereocenters. The number of benzene rings is 2. The molecule has 1 aromatic heterocycles. The molecule has 0 amide bonds. The van der Waals surface area contributed by atoms with Crippen LogP contribution in [0.15, 0.2) is 24.3 Å². The normalized spacial score (nSPS) is 15.2. The summed E-state index contributed by atoms with van der Waals surface area (Å²) in [4.78, 5) is 5.31. The van der Waals surface area contributed by atoms with E-state index in [2.05, 4.69) is 9.94 Å². The molecule has 32 heavy (non-hydrogen) atoms. The number of rotatable bonds is 3. The van der Waals surface area contributed by atoms with Gasteiger partial charge < -0.3 is 19.6 Å². The molecule has 0 spiro atoms. The summed E-state index contributed by atoms with van der Waals surface area (Å²) in [6.07, 6.45) is -3.55. The fourth-order valence-corrected chi connectivity index (χ4v) is 3.83. The Bertz CT molecular complexity index is 1230. The quantitative estimate of drug-likeness (QED) is 0.439. The number of fused-ring (bicyclic) bond motifs is 1. The summed E-state index contributed by atoms with van der Waals surface area (Å²) in [5, 5.41) is 13.8. The highest BCUT2D eigenvalue weighted by Gasteiger charge is 2.38. The summed E-state index contributed by atoms with van der Waals surface area (Å²) >= 11 is 0. The number of anilines is 1. The molecule has 11 heteroatoms. The molecule has 0 unspecified atom stereocenters. The number of nitrogens with zero attached hydrogens (tertiary/aromatic N) is 4. The van der Waals surface area contributed by atoms with Gasteiger partial charge in [0, 0.05) is 37.4 Å². The summed E-state index contributed by atoms with van der Waals surface area (Å²) in [6, 6.07) is 5.25. The number of hydrogen-bond acceptors (Lipinski definition) is 4. The Balaban J connectivity index is 1.87. The molecule has 6 nitrogen and oxygen atoms in total. The lowest BCUT2D eigenvalue weighted by Gasteiger charge is -2.33. The Hall–Kier alpha value is -3.39. The highest BCUT2D eigenvalue weighted by molar-refractivity contribution is 5.94. The number of halogens is 5. The van der Waals surface area contributed by atoms with Gasteiger partial charge >= 0.3 is 12.0 Å². The van der Waals surface area contributed by atoms with Gasteiger partial charge in [0.1, 0.15) is 5.69 Å². The number of phenols is 1. The molecule has 1 aliphatic rings. The van der Waals surface area contributed by atoms with Crippen LogP contribution in [0.2, 0.25) is 0 Å². The highest BCUT2D eigenvalue weighted by Crippen LogP contribution is 2.40. The number of alkyl halides is 3. The molecule has 0 bridgehead atoms. The maximum Gasteiger partial charge on any atom is 0.419 e. The van der Waals surface area contributed by atoms with Crippen LogP contribution in [0.1, 0.15) is 18.4 Å². The van der Waals surface area contributed by atoms with Crippen molar-refractivity contribution in [1.29, 1.82) is 0 Å². The van der Waals surface area contributed by atoms with Crippen LogP contribution in [0, 0.1) is 18.2 Å². The van der Waals surface area contributed by atoms with E-state index >= 15 is 0 Å². The molecule has 0 aliphatic carbocycles. The minimum Gasteiger partial charge on any atom is -0.503 e. The Morgan fingerprint density at radius 1 is 1.19 bits per heavy atom. The summed E-state index contributed by atoms with van der Waals surface area (Å²) in [7, 11) is 1.88. The van der Waals surface area contributed by atoms with Gasteiger partial charge in [-0.3, -0.25) is 0 Å². The smallest absolute Gasteiger partial charge is 0.419 e. The zero-order valence-electron chi connectivity index (χ0n) is 16.7. The molecule has 2 aromatic carbocycles. The Morgan fingerprint density at radius 2 is 1.88 bits per heavy atom. The fraction of sp³-hybridized carbons (Fsp3) is 0.333. The third kappa shape index (κ3) is 3.60. The zero-order valence-corrected chi connectivity index (χ0v) is 16.7. The third-order valence-corrected chi connectivity index (χ3v) is 5.59. The minimum atomic E-state index is -5.17. The van der Waals surface area contributed by atoms with Gasteiger partial charge in [-0.15, -0.1) is 0 Å². The second-order valence-electron chi connectivity index (χ2n) is 7.42. The molecule has 1 saturated heterocycles. The van der Waals surface area contributed by atoms with Gasteiger partial charge in [0.05, 0.1) is 11.1 Å². The maximum absolute atomic E-state index is 14.6. The van der Waals surface area contributed by atoms with Crippen molar-refractivity contribution in [2.45, 2.75) is 25.1 Å². The van der Waals surface area contributed by atoms with Gasteiger partial charge in [-0.05, 0) is 42.2 Å². The van der Waals surface area contributed by atoms with Crippen LogP contribution in [0.5, 0.6) is 5.75 Å². The van der Waals surface area contributed by atoms with Gasteiger partial charge in [0.25, 0.3) is 0 Å². The van der Waals surface area contributed by atoms with Crippen molar-refractivity contribution in [3.05, 3.63) is 52.9 Å². The molecule has 4 rings (SSSR count). The average molecular weight is 452 g/mol. The van der Waals surface area contributed by atoms with E-state index in [4.69, 9.17) is 11.3 Å². The molecule has 1 aliphatic heterocycles. The monoisotopic (exact) mass is 452 g/mol. The van der Waals surface area contributed by atoms with Crippen LogP contribution in [0.4, 0.5) is 33.5 Å². The third-order valence-electron chi connectivity index (χ3n) is 5.59. The summed E-state index contributed by atoms with van der Waals surface area (Å²) in [5.74, 6) is -5.65. The molecule has 168 valence electrons. The lowest BCUT2D eigenvalue weighted by Crippen LogP contribution is -2.36. The Labute approximate surface area is 179 Å². The standard InChI is InChI=1S/C21H17F5N4O2/c1-27-20-13-9-12(29(2)11-5-7-32-8-6-11)3-4-15(13)30(28-20)16-10-14(21(24,25)26)17(22)19(31)18(16)23/h3-4,9-11,31H,5-8H2,2H3. The summed E-state index contributed by atoms with van der Waals surface area (Å²) < 4.78 is 74.2. The predicted octanol–water partition coefficient (Wildman–Crippen LogP) is 5.19. The summed E-state index contributed by atoms with van der Waals surface area (Å²) in [5.41, 5.74) is -1.78. The van der Waals surface area contributed by atoms with Crippen molar-refractivity contribution in [3.63, 3.8) is 0 Å². The van der Waals surface area contributed by atoms with E-state index in [1.54, 1.807) is 12.1 Å². The number of hydrogen-bond donors (Lipinski definition) is 1. The first kappa shape index (κ1) is 21.8. The van der Waals surface area contributed by atoms with Gasteiger partial charge in [-0.25, -0.2) is 8.78 Å². The van der Waals surface area contributed by atoms with Gasteiger partial charge in [-0.2, -0.15) is 17.9 Å². The molecule has 3 aromatic rings. The first-order chi connectivity index (χ1) is 15.1. The number of aromatic hydroxyl groups is 1. The van der Waals surface area contributed by atoms with E-state index in [1.807, 2.05) is 11.9 Å². The van der Waals surface area contributed by atoms with Crippen molar-refractivity contribution in [3.8, 4) is 11.4 Å². The van der Waals surface area contributed by atoms with Crippen LogP contribution < -0.4 is 4.90 Å². The van der Waals surface area contributed by atoms with Crippen molar-refractivity contribution in [2.75, 3.05) is 25.2 Å². The Morgan fingerprint density at radius 3 is 2.50 bits per heavy atom. The number of phenolic OH excluding ortho intramolecular Hbond substituents is 1. The van der Waals surface area contributed by atoms with Crippen molar-refractivity contribution in [2.24, 2.45) is 0 Å². The molecule has 2 heterocycles. The lowest BCUT2D eigenvalue weighted by atomic mass is 10.1. The lowest BCUT2D eigenvalue weighted by molar-refractivity contribution is -0.140. The molecule has 0 radical (unpaired) electrons. The Kier molecular flexibility index (Phi) is 5.42. The van der Waals surface area contributed by atoms with Gasteiger partial charge in [-0.1, -0.05) is 6.57 Å². The largest absolute Gasteiger partial charge is 0.503 e. The van der Waals surface area contributed by atoms with Crippen LogP contribution in [-0.2, 0) is 10.9 Å². The number of ether oxygens (including phenoxy) is 1. The van der Waals surface area contributed by atoms with Crippen molar-refractivity contribution >= 4 is 22.4 Å². The second kappa shape index (κ2) is 7.94.